The number of benzene rings is 2. The Morgan fingerprint density at radius 1 is 1.13 bits per heavy atom. The largest absolute Gasteiger partial charge is 0.491 e. The van der Waals surface area contributed by atoms with Crippen LogP contribution in [0, 0.1) is 6.92 Å². The fraction of sp³-hybridized carbons (Fsp3) is 0.208. The predicted octanol–water partition coefficient (Wildman–Crippen LogP) is 4.39. The molecule has 1 amide bonds. The van der Waals surface area contributed by atoms with Crippen molar-refractivity contribution in [3.63, 3.8) is 0 Å². The lowest BCUT2D eigenvalue weighted by atomic mass is 10.1. The van der Waals surface area contributed by atoms with Crippen LogP contribution in [0.25, 0.3) is 11.0 Å². The molecule has 0 radical (unpaired) electrons. The van der Waals surface area contributed by atoms with Crippen molar-refractivity contribution in [1.29, 1.82) is 0 Å². The van der Waals surface area contributed by atoms with Gasteiger partial charge in [-0.25, -0.2) is 4.79 Å². The number of carbonyl (C=O) groups is 1. The van der Waals surface area contributed by atoms with Gasteiger partial charge in [0.05, 0.1) is 18.2 Å². The molecule has 0 spiro atoms. The zero-order valence-electron chi connectivity index (χ0n) is 17.6. The summed E-state index contributed by atoms with van der Waals surface area (Å²) in [6.07, 6.45) is 1.77. The van der Waals surface area contributed by atoms with Crippen LogP contribution in [0.5, 0.6) is 5.75 Å². The number of nitrogens with one attached hydrogen (secondary N) is 1. The fourth-order valence-electron chi connectivity index (χ4n) is 3.26. The molecule has 7 heteroatoms. The van der Waals surface area contributed by atoms with Crippen LogP contribution < -0.4 is 15.7 Å². The van der Waals surface area contributed by atoms with E-state index in [9.17, 15) is 9.59 Å². The van der Waals surface area contributed by atoms with Gasteiger partial charge >= 0.3 is 5.63 Å². The van der Waals surface area contributed by atoms with Gasteiger partial charge in [0.1, 0.15) is 11.3 Å². The summed E-state index contributed by atoms with van der Waals surface area (Å²) >= 11 is 0. The number of hydrogen-bond acceptors (Lipinski definition) is 5. The van der Waals surface area contributed by atoms with Gasteiger partial charge in [0.15, 0.2) is 5.82 Å². The Morgan fingerprint density at radius 3 is 2.65 bits per heavy atom. The summed E-state index contributed by atoms with van der Waals surface area (Å²) in [5.41, 5.74) is 2.21. The van der Waals surface area contributed by atoms with Crippen LogP contribution in [-0.4, -0.2) is 21.8 Å². The lowest BCUT2D eigenvalue weighted by molar-refractivity contribution is 0.102. The van der Waals surface area contributed by atoms with Gasteiger partial charge in [-0.15, -0.1) is 0 Å². The van der Waals surface area contributed by atoms with E-state index >= 15 is 0 Å². The normalized spacial score (nSPS) is 11.1. The van der Waals surface area contributed by atoms with Gasteiger partial charge in [-0.05, 0) is 38.5 Å². The van der Waals surface area contributed by atoms with E-state index in [4.69, 9.17) is 9.15 Å². The van der Waals surface area contributed by atoms with Gasteiger partial charge in [-0.3, -0.25) is 9.48 Å². The number of fused-ring (bicyclic) bond motifs is 1. The maximum atomic E-state index is 12.9. The van der Waals surface area contributed by atoms with Crippen molar-refractivity contribution in [3.8, 4) is 5.75 Å². The molecule has 2 aromatic heterocycles. The van der Waals surface area contributed by atoms with E-state index in [1.165, 1.54) is 11.6 Å². The highest BCUT2D eigenvalue weighted by Gasteiger charge is 2.15. The van der Waals surface area contributed by atoms with Gasteiger partial charge in [0, 0.05) is 29.8 Å². The number of hydrogen-bond donors (Lipinski definition) is 1. The van der Waals surface area contributed by atoms with Gasteiger partial charge in [0.2, 0.25) is 0 Å². The summed E-state index contributed by atoms with van der Waals surface area (Å²) in [5, 5.41) is 7.68. The minimum Gasteiger partial charge on any atom is -0.491 e. The summed E-state index contributed by atoms with van der Waals surface area (Å²) in [4.78, 5) is 24.9. The predicted molar refractivity (Wildman–Crippen MR) is 119 cm³/mol. The highest BCUT2D eigenvalue weighted by atomic mass is 16.5. The number of nitrogens with zero attached hydrogens (tertiary/aromatic N) is 2. The molecule has 0 atom stereocenters. The Balaban J connectivity index is 1.55. The quantitative estimate of drug-likeness (QED) is 0.470. The van der Waals surface area contributed by atoms with E-state index < -0.39 is 11.5 Å². The first-order valence-electron chi connectivity index (χ1n) is 10.0. The summed E-state index contributed by atoms with van der Waals surface area (Å²) in [5.74, 6) is 0.535. The van der Waals surface area contributed by atoms with Gasteiger partial charge in [0.25, 0.3) is 5.91 Å². The molecule has 2 heterocycles. The number of ether oxygens (including phenoxy) is 1. The van der Waals surface area contributed by atoms with Crippen molar-refractivity contribution in [2.24, 2.45) is 0 Å². The van der Waals surface area contributed by atoms with E-state index in [2.05, 4.69) is 10.4 Å². The molecule has 0 saturated carbocycles. The van der Waals surface area contributed by atoms with E-state index in [1.807, 2.05) is 45.0 Å². The van der Waals surface area contributed by atoms with Crippen LogP contribution in [0.1, 0.15) is 35.3 Å². The first kappa shape index (κ1) is 20.4. The number of anilines is 1. The zero-order valence-corrected chi connectivity index (χ0v) is 17.6. The molecule has 0 unspecified atom stereocenters. The smallest absolute Gasteiger partial charge is 0.337 e. The Labute approximate surface area is 179 Å². The Hall–Kier alpha value is -3.87. The molecule has 31 heavy (non-hydrogen) atoms. The standard InChI is InChI=1S/C24H23N3O4/c1-15(2)30-18-8-9-19-20(13-23(28)31-21(19)12-18)24(29)25-22-10-11-27(26-22)14-17-6-4-16(3)5-7-17/h4-13,15H,14H2,1-3H3,(H,25,26,29). The molecule has 1 N–H and O–H groups in total. The summed E-state index contributed by atoms with van der Waals surface area (Å²) < 4.78 is 12.7. The first-order valence-corrected chi connectivity index (χ1v) is 10.0. The third kappa shape index (κ3) is 4.83. The highest BCUT2D eigenvalue weighted by Crippen LogP contribution is 2.24. The third-order valence-corrected chi connectivity index (χ3v) is 4.68. The molecule has 0 aliphatic heterocycles. The number of carbonyl (C=O) groups excluding carboxylic acids is 1. The van der Waals surface area contributed by atoms with Crippen LogP contribution in [-0.2, 0) is 6.54 Å². The van der Waals surface area contributed by atoms with Crippen molar-refractivity contribution >= 4 is 22.7 Å². The van der Waals surface area contributed by atoms with Crippen LogP contribution in [0.4, 0.5) is 5.82 Å². The van der Waals surface area contributed by atoms with Gasteiger partial charge in [-0.2, -0.15) is 5.10 Å². The molecule has 158 valence electrons. The molecular formula is C24H23N3O4. The molecule has 2 aromatic carbocycles. The lowest BCUT2D eigenvalue weighted by Gasteiger charge is -2.11. The van der Waals surface area contributed by atoms with Crippen LogP contribution in [0.15, 0.2) is 70.0 Å². The Kier molecular flexibility index (Phi) is 5.58. The van der Waals surface area contributed by atoms with E-state index in [0.29, 0.717) is 29.1 Å². The topological polar surface area (TPSA) is 86.4 Å². The second-order valence-corrected chi connectivity index (χ2v) is 7.64. The molecule has 0 fully saturated rings. The maximum absolute atomic E-state index is 12.9. The van der Waals surface area contributed by atoms with E-state index in [0.717, 1.165) is 5.56 Å². The molecule has 0 bridgehead atoms. The van der Waals surface area contributed by atoms with E-state index in [1.54, 1.807) is 35.1 Å². The number of aromatic nitrogens is 2. The summed E-state index contributed by atoms with van der Waals surface area (Å²) in [6, 6.07) is 16.2. The van der Waals surface area contributed by atoms with Crippen molar-refractivity contribution in [2.45, 2.75) is 33.4 Å². The SMILES string of the molecule is Cc1ccc(Cn2ccc(NC(=O)c3cc(=O)oc4cc(OC(C)C)ccc34)n2)cc1. The van der Waals surface area contributed by atoms with E-state index in [-0.39, 0.29) is 11.7 Å². The van der Waals surface area contributed by atoms with Crippen molar-refractivity contribution in [1.82, 2.24) is 9.78 Å². The average Bonchev–Trinajstić information content (AvgIpc) is 3.15. The molecule has 7 nitrogen and oxygen atoms in total. The van der Waals surface area contributed by atoms with Gasteiger partial charge < -0.3 is 14.5 Å². The number of aryl methyl sites for hydroxylation is 1. The van der Waals surface area contributed by atoms with Crippen molar-refractivity contribution < 1.29 is 13.9 Å². The highest BCUT2D eigenvalue weighted by molar-refractivity contribution is 6.11. The molecule has 0 aliphatic carbocycles. The minimum atomic E-state index is -0.607. The Bertz CT molecular complexity index is 1290. The molecule has 0 aliphatic rings. The second-order valence-electron chi connectivity index (χ2n) is 7.64. The zero-order chi connectivity index (χ0) is 22.0. The Morgan fingerprint density at radius 2 is 1.90 bits per heavy atom. The fourth-order valence-corrected chi connectivity index (χ4v) is 3.26. The van der Waals surface area contributed by atoms with Crippen molar-refractivity contribution in [3.05, 3.63) is 87.9 Å². The third-order valence-electron chi connectivity index (χ3n) is 4.68. The van der Waals surface area contributed by atoms with Crippen molar-refractivity contribution in [2.75, 3.05) is 5.32 Å². The van der Waals surface area contributed by atoms with Crippen LogP contribution in [0.3, 0.4) is 0 Å². The molecule has 4 rings (SSSR count). The number of amides is 1. The molecule has 4 aromatic rings. The van der Waals surface area contributed by atoms with Crippen LogP contribution >= 0.6 is 0 Å². The first-order chi connectivity index (χ1) is 14.9. The summed E-state index contributed by atoms with van der Waals surface area (Å²) in [6.45, 7) is 6.44. The second kappa shape index (κ2) is 8.47. The number of rotatable bonds is 6. The minimum absolute atomic E-state index is 0.0225. The lowest BCUT2D eigenvalue weighted by Crippen LogP contribution is -2.16. The average molecular weight is 417 g/mol. The maximum Gasteiger partial charge on any atom is 0.337 e. The monoisotopic (exact) mass is 417 g/mol. The van der Waals surface area contributed by atoms with Gasteiger partial charge in [-0.1, -0.05) is 29.8 Å². The summed E-state index contributed by atoms with van der Waals surface area (Å²) in [7, 11) is 0. The van der Waals surface area contributed by atoms with Crippen LogP contribution in [0.2, 0.25) is 0 Å². The molecular weight excluding hydrogens is 394 g/mol. The molecule has 0 saturated heterocycles.